The van der Waals surface area contributed by atoms with Crippen LogP contribution in [0.25, 0.3) is 0 Å². The molecule has 2 rings (SSSR count). The molecule has 2 saturated carbocycles. The Kier molecular flexibility index (Phi) is 5.75. The molecule has 28 heavy (non-hydrogen) atoms. The zero-order chi connectivity index (χ0) is 21.7. The summed E-state index contributed by atoms with van der Waals surface area (Å²) < 4.78 is 85.3. The quantitative estimate of drug-likeness (QED) is 0.544. The molecule has 11 heteroatoms. The summed E-state index contributed by atoms with van der Waals surface area (Å²) in [6.45, 7) is 3.99. The van der Waals surface area contributed by atoms with Gasteiger partial charge in [-0.1, -0.05) is 6.42 Å². The average Bonchev–Trinajstić information content (AvgIpc) is 3.14. The second kappa shape index (κ2) is 7.07. The number of alkyl halides is 6. The molecule has 4 atom stereocenters. The number of ether oxygens (including phenoxy) is 2. The lowest BCUT2D eigenvalue weighted by Crippen LogP contribution is -2.63. The van der Waals surface area contributed by atoms with Gasteiger partial charge in [0, 0.05) is 5.92 Å². The first-order valence-electron chi connectivity index (χ1n) is 8.80. The van der Waals surface area contributed by atoms with E-state index in [0.717, 1.165) is 32.6 Å². The van der Waals surface area contributed by atoms with Gasteiger partial charge in [-0.05, 0) is 51.9 Å². The molecule has 4 unspecified atom stereocenters. The van der Waals surface area contributed by atoms with Crippen molar-refractivity contribution >= 4 is 11.9 Å². The van der Waals surface area contributed by atoms with Gasteiger partial charge in [-0.3, -0.25) is 0 Å². The molecule has 0 saturated heterocycles. The Labute approximate surface area is 157 Å². The molecule has 0 heterocycles. The van der Waals surface area contributed by atoms with E-state index in [1.54, 1.807) is 13.8 Å². The molecule has 2 aliphatic rings. The Morgan fingerprint density at radius 3 is 1.93 bits per heavy atom. The molecule has 0 aromatic carbocycles. The largest absolute Gasteiger partial charge is 0.457 e. The molecule has 2 fully saturated rings. The highest BCUT2D eigenvalue weighted by Gasteiger charge is 2.77. The summed E-state index contributed by atoms with van der Waals surface area (Å²) in [5.41, 5.74) is -6.77. The van der Waals surface area contributed by atoms with Crippen molar-refractivity contribution in [1.82, 2.24) is 0 Å². The van der Waals surface area contributed by atoms with Gasteiger partial charge < -0.3 is 14.6 Å². The molecule has 2 aliphatic carbocycles. The van der Waals surface area contributed by atoms with E-state index in [4.69, 9.17) is 9.84 Å². The maximum Gasteiger partial charge on any atom is 0.437 e. The Morgan fingerprint density at radius 1 is 1.00 bits per heavy atom. The van der Waals surface area contributed by atoms with Crippen LogP contribution in [0.2, 0.25) is 0 Å². The molecule has 5 nitrogen and oxygen atoms in total. The first-order valence-corrected chi connectivity index (χ1v) is 8.80. The molecular formula is C17H22F6O5. The predicted octanol–water partition coefficient (Wildman–Crippen LogP) is 3.53. The zero-order valence-corrected chi connectivity index (χ0v) is 15.5. The van der Waals surface area contributed by atoms with Gasteiger partial charge in [0.25, 0.3) is 0 Å². The minimum Gasteiger partial charge on any atom is -0.457 e. The maximum absolute atomic E-state index is 12.7. The fourth-order valence-electron chi connectivity index (χ4n) is 4.20. The highest BCUT2D eigenvalue weighted by molar-refractivity contribution is 5.85. The highest BCUT2D eigenvalue weighted by atomic mass is 19.4. The van der Waals surface area contributed by atoms with Crippen molar-refractivity contribution in [2.45, 2.75) is 76.1 Å². The number of rotatable bonds is 5. The van der Waals surface area contributed by atoms with Crippen LogP contribution < -0.4 is 0 Å². The van der Waals surface area contributed by atoms with Gasteiger partial charge in [-0.2, -0.15) is 26.3 Å². The molecule has 0 aromatic rings. The van der Waals surface area contributed by atoms with Crippen LogP contribution in [-0.4, -0.2) is 46.7 Å². The van der Waals surface area contributed by atoms with E-state index in [-0.39, 0.29) is 5.92 Å². The van der Waals surface area contributed by atoms with Crippen LogP contribution in [-0.2, 0) is 19.1 Å². The smallest absolute Gasteiger partial charge is 0.437 e. The molecular weight excluding hydrogens is 398 g/mol. The van der Waals surface area contributed by atoms with E-state index in [1.165, 1.54) is 0 Å². The highest BCUT2D eigenvalue weighted by Crippen LogP contribution is 2.53. The van der Waals surface area contributed by atoms with Gasteiger partial charge in [0.1, 0.15) is 5.60 Å². The fraction of sp³-hybridized carbons (Fsp3) is 0.882. The summed E-state index contributed by atoms with van der Waals surface area (Å²) in [5, 5.41) is 8.98. The second-order valence-electron chi connectivity index (χ2n) is 8.06. The van der Waals surface area contributed by atoms with Crippen molar-refractivity contribution in [3.63, 3.8) is 0 Å². The lowest BCUT2D eigenvalue weighted by Gasteiger charge is -2.37. The van der Waals surface area contributed by atoms with E-state index in [2.05, 4.69) is 4.74 Å². The third kappa shape index (κ3) is 3.95. The molecule has 0 aromatic heterocycles. The summed E-state index contributed by atoms with van der Waals surface area (Å²) in [6.07, 6.45) is -11.0. The van der Waals surface area contributed by atoms with E-state index in [1.807, 2.05) is 0 Å². The van der Waals surface area contributed by atoms with Crippen LogP contribution in [0.15, 0.2) is 0 Å². The number of carbonyl (C=O) groups excluding carboxylic acids is 2. The third-order valence-corrected chi connectivity index (χ3v) is 5.73. The number of hydrogen-bond acceptors (Lipinski definition) is 5. The normalized spacial score (nSPS) is 26.9. The Bertz CT molecular complexity index is 613. The van der Waals surface area contributed by atoms with Gasteiger partial charge >= 0.3 is 29.9 Å². The van der Waals surface area contributed by atoms with Gasteiger partial charge in [0.15, 0.2) is 6.10 Å². The molecule has 1 N–H and O–H groups in total. The van der Waals surface area contributed by atoms with Gasteiger partial charge in [0.05, 0.1) is 0 Å². The molecule has 162 valence electrons. The lowest BCUT2D eigenvalue weighted by atomic mass is 9.78. The van der Waals surface area contributed by atoms with Crippen molar-refractivity contribution in [2.75, 3.05) is 0 Å². The van der Waals surface area contributed by atoms with E-state index < -0.39 is 41.6 Å². The molecule has 0 radical (unpaired) electrons. The monoisotopic (exact) mass is 420 g/mol. The Balaban J connectivity index is 2.06. The second-order valence-corrected chi connectivity index (χ2v) is 8.06. The summed E-state index contributed by atoms with van der Waals surface area (Å²) in [6, 6.07) is 0. The zero-order valence-electron chi connectivity index (χ0n) is 15.5. The van der Waals surface area contributed by atoms with Gasteiger partial charge in [-0.15, -0.1) is 0 Å². The topological polar surface area (TPSA) is 72.8 Å². The van der Waals surface area contributed by atoms with Crippen molar-refractivity contribution in [3.05, 3.63) is 0 Å². The standard InChI is InChI=1S/C17H22F6O5/c1-8(27-13(25)15(26,16(18,19)20)17(21,22)23)12(24)28-14(2,3)11-7-9-4-5-10(11)6-9/h8-11,26H,4-7H2,1-3H3. The summed E-state index contributed by atoms with van der Waals surface area (Å²) in [7, 11) is 0. The Hall–Kier alpha value is -1.52. The minimum atomic E-state index is -6.38. The lowest BCUT2D eigenvalue weighted by molar-refractivity contribution is -0.357. The molecule has 2 bridgehead atoms. The van der Waals surface area contributed by atoms with Crippen molar-refractivity contribution < 1.29 is 50.5 Å². The van der Waals surface area contributed by atoms with Crippen LogP contribution in [0.1, 0.15) is 46.5 Å². The van der Waals surface area contributed by atoms with Crippen molar-refractivity contribution in [1.29, 1.82) is 0 Å². The summed E-state index contributed by atoms with van der Waals surface area (Å²) >= 11 is 0. The minimum absolute atomic E-state index is 0.000356. The first-order chi connectivity index (χ1) is 12.5. The first kappa shape index (κ1) is 22.8. The SMILES string of the molecule is CC(OC(=O)C(O)(C(F)(F)F)C(F)(F)F)C(=O)OC(C)(C)C1CC2CCC1C2. The third-order valence-electron chi connectivity index (χ3n) is 5.73. The summed E-state index contributed by atoms with van der Waals surface area (Å²) in [4.78, 5) is 23.6. The maximum atomic E-state index is 12.7. The van der Waals surface area contributed by atoms with Crippen LogP contribution >= 0.6 is 0 Å². The molecule has 0 spiro atoms. The van der Waals surface area contributed by atoms with Gasteiger partial charge in [0.2, 0.25) is 0 Å². The fourth-order valence-corrected chi connectivity index (χ4v) is 4.20. The number of esters is 2. The van der Waals surface area contributed by atoms with Gasteiger partial charge in [-0.25, -0.2) is 9.59 Å². The predicted molar refractivity (Wildman–Crippen MR) is 81.7 cm³/mol. The van der Waals surface area contributed by atoms with Crippen molar-refractivity contribution in [3.8, 4) is 0 Å². The molecule has 0 amide bonds. The summed E-state index contributed by atoms with van der Waals surface area (Å²) in [5.74, 6) is -3.48. The number of halogens is 6. The van der Waals surface area contributed by atoms with E-state index in [0.29, 0.717) is 11.8 Å². The van der Waals surface area contributed by atoms with Crippen LogP contribution in [0.4, 0.5) is 26.3 Å². The van der Waals surface area contributed by atoms with Crippen molar-refractivity contribution in [2.24, 2.45) is 17.8 Å². The average molecular weight is 420 g/mol. The van der Waals surface area contributed by atoms with E-state index in [9.17, 15) is 35.9 Å². The number of aliphatic hydroxyl groups is 1. The number of fused-ring (bicyclic) bond motifs is 2. The molecule has 0 aliphatic heterocycles. The Morgan fingerprint density at radius 2 is 1.54 bits per heavy atom. The number of carbonyl (C=O) groups is 2. The van der Waals surface area contributed by atoms with Crippen LogP contribution in [0.5, 0.6) is 0 Å². The number of hydrogen-bond donors (Lipinski definition) is 1. The van der Waals surface area contributed by atoms with E-state index >= 15 is 0 Å². The van der Waals surface area contributed by atoms with Crippen LogP contribution in [0.3, 0.4) is 0 Å². The van der Waals surface area contributed by atoms with Crippen LogP contribution in [0, 0.1) is 17.8 Å².